The Balaban J connectivity index is 2.75. The largest absolute Gasteiger partial charge is 0.289 e. The van der Waals surface area contributed by atoms with Crippen molar-refractivity contribution < 1.29 is 9.59 Å². The Bertz CT molecular complexity index is 370. The van der Waals surface area contributed by atoms with E-state index in [1.165, 1.54) is 12.1 Å². The van der Waals surface area contributed by atoms with Crippen molar-refractivity contribution in [1.29, 1.82) is 0 Å². The van der Waals surface area contributed by atoms with Gasteiger partial charge in [0, 0.05) is 10.6 Å². The number of nitrogens with one attached hydrogen (secondary N) is 1. The number of carbonyl (C=O) groups excluding carboxylic acids is 2. The number of hydrogen-bond donors (Lipinski definition) is 1. The SMILES string of the molecule is C=CC(=O)NC(=O)c1ccc(Cl)cc1. The lowest BCUT2D eigenvalue weighted by Gasteiger charge is -2.00. The van der Waals surface area contributed by atoms with Gasteiger partial charge in [-0.1, -0.05) is 18.2 Å². The molecule has 1 aromatic rings. The first kappa shape index (κ1) is 10.5. The molecule has 0 aliphatic carbocycles. The molecule has 1 rings (SSSR count). The second-order valence-electron chi connectivity index (χ2n) is 2.53. The lowest BCUT2D eigenvalue weighted by atomic mass is 10.2. The maximum Gasteiger partial charge on any atom is 0.258 e. The third-order valence-electron chi connectivity index (χ3n) is 1.53. The normalized spacial score (nSPS) is 9.21. The molecule has 0 aromatic heterocycles. The zero-order valence-corrected chi connectivity index (χ0v) is 8.04. The minimum absolute atomic E-state index is 0.379. The van der Waals surface area contributed by atoms with Crippen molar-refractivity contribution in [1.82, 2.24) is 5.32 Å². The fourth-order valence-corrected chi connectivity index (χ4v) is 0.962. The summed E-state index contributed by atoms with van der Waals surface area (Å²) in [7, 11) is 0. The van der Waals surface area contributed by atoms with E-state index in [-0.39, 0.29) is 0 Å². The van der Waals surface area contributed by atoms with Gasteiger partial charge in [-0.05, 0) is 30.3 Å². The minimum atomic E-state index is -0.523. The van der Waals surface area contributed by atoms with Gasteiger partial charge in [-0.25, -0.2) is 0 Å². The van der Waals surface area contributed by atoms with E-state index in [0.717, 1.165) is 6.08 Å². The molecule has 4 heteroatoms. The molecule has 0 spiro atoms. The van der Waals surface area contributed by atoms with Crippen LogP contribution in [0.4, 0.5) is 0 Å². The summed E-state index contributed by atoms with van der Waals surface area (Å²) in [6.07, 6.45) is 1.04. The summed E-state index contributed by atoms with van der Waals surface area (Å²) in [5.41, 5.74) is 0.379. The summed E-state index contributed by atoms with van der Waals surface area (Å²) in [5.74, 6) is -0.989. The highest BCUT2D eigenvalue weighted by Crippen LogP contribution is 2.09. The van der Waals surface area contributed by atoms with Crippen molar-refractivity contribution in [2.75, 3.05) is 0 Å². The number of amides is 2. The van der Waals surface area contributed by atoms with Crippen molar-refractivity contribution in [3.63, 3.8) is 0 Å². The average Bonchev–Trinajstić information content (AvgIpc) is 2.18. The molecule has 2 amide bonds. The molecule has 1 aromatic carbocycles. The smallest absolute Gasteiger partial charge is 0.258 e. The molecular weight excluding hydrogens is 202 g/mol. The van der Waals surface area contributed by atoms with E-state index < -0.39 is 11.8 Å². The van der Waals surface area contributed by atoms with Crippen LogP contribution in [0.2, 0.25) is 5.02 Å². The summed E-state index contributed by atoms with van der Waals surface area (Å²) in [5, 5.41) is 2.66. The predicted molar refractivity (Wildman–Crippen MR) is 54.1 cm³/mol. The summed E-state index contributed by atoms with van der Waals surface area (Å²) in [6, 6.07) is 6.23. The van der Waals surface area contributed by atoms with Gasteiger partial charge >= 0.3 is 0 Å². The number of imide groups is 1. The highest BCUT2D eigenvalue weighted by Gasteiger charge is 2.06. The number of rotatable bonds is 2. The Hall–Kier alpha value is -1.61. The highest BCUT2D eigenvalue weighted by molar-refractivity contribution is 6.30. The van der Waals surface area contributed by atoms with Crippen LogP contribution in [0.5, 0.6) is 0 Å². The molecule has 14 heavy (non-hydrogen) atoms. The second kappa shape index (κ2) is 4.58. The maximum atomic E-state index is 11.3. The molecule has 1 N–H and O–H groups in total. The monoisotopic (exact) mass is 209 g/mol. The highest BCUT2D eigenvalue weighted by atomic mass is 35.5. The van der Waals surface area contributed by atoms with Crippen LogP contribution in [0.25, 0.3) is 0 Å². The molecule has 0 saturated heterocycles. The Kier molecular flexibility index (Phi) is 3.42. The Morgan fingerprint density at radius 3 is 2.36 bits per heavy atom. The van der Waals surface area contributed by atoms with Crippen molar-refractivity contribution >= 4 is 23.4 Å². The Morgan fingerprint density at radius 2 is 1.86 bits per heavy atom. The van der Waals surface area contributed by atoms with E-state index in [0.29, 0.717) is 10.6 Å². The number of hydrogen-bond acceptors (Lipinski definition) is 2. The fraction of sp³-hybridized carbons (Fsp3) is 0. The molecule has 0 aliphatic heterocycles. The number of halogens is 1. The van der Waals surface area contributed by atoms with E-state index in [4.69, 9.17) is 11.6 Å². The first-order valence-corrected chi connectivity index (χ1v) is 4.24. The van der Waals surface area contributed by atoms with Crippen molar-refractivity contribution in [2.24, 2.45) is 0 Å². The van der Waals surface area contributed by atoms with Crippen LogP contribution in [0, 0.1) is 0 Å². The molecule has 0 unspecified atom stereocenters. The lowest BCUT2D eigenvalue weighted by molar-refractivity contribution is -0.115. The van der Waals surface area contributed by atoms with Gasteiger partial charge in [0.2, 0.25) is 5.91 Å². The maximum absolute atomic E-state index is 11.3. The van der Waals surface area contributed by atoms with Crippen LogP contribution in [0.1, 0.15) is 10.4 Å². The summed E-state index contributed by atoms with van der Waals surface area (Å²) >= 11 is 5.63. The average molecular weight is 210 g/mol. The van der Waals surface area contributed by atoms with Crippen LogP contribution >= 0.6 is 11.6 Å². The van der Waals surface area contributed by atoms with Crippen LogP contribution in [0.15, 0.2) is 36.9 Å². The van der Waals surface area contributed by atoms with Crippen LogP contribution < -0.4 is 5.32 Å². The molecule has 0 aliphatic rings. The van der Waals surface area contributed by atoms with Gasteiger partial charge < -0.3 is 0 Å². The fourth-order valence-electron chi connectivity index (χ4n) is 0.836. The minimum Gasteiger partial charge on any atom is -0.289 e. The number of benzene rings is 1. The molecule has 3 nitrogen and oxygen atoms in total. The molecule has 72 valence electrons. The zero-order chi connectivity index (χ0) is 10.6. The molecule has 0 atom stereocenters. The van der Waals surface area contributed by atoms with Crippen LogP contribution in [-0.2, 0) is 4.79 Å². The van der Waals surface area contributed by atoms with Crippen molar-refractivity contribution in [2.45, 2.75) is 0 Å². The quantitative estimate of drug-likeness (QED) is 0.755. The predicted octanol–water partition coefficient (Wildman–Crippen LogP) is 1.78. The molecule has 0 saturated carbocycles. The van der Waals surface area contributed by atoms with Crippen LogP contribution in [0.3, 0.4) is 0 Å². The second-order valence-corrected chi connectivity index (χ2v) is 2.97. The van der Waals surface area contributed by atoms with E-state index >= 15 is 0 Å². The Morgan fingerprint density at radius 1 is 1.29 bits per heavy atom. The molecule has 0 radical (unpaired) electrons. The van der Waals surface area contributed by atoms with Crippen LogP contribution in [-0.4, -0.2) is 11.8 Å². The van der Waals surface area contributed by atoms with Gasteiger partial charge in [-0.3, -0.25) is 14.9 Å². The number of carbonyl (C=O) groups is 2. The van der Waals surface area contributed by atoms with Gasteiger partial charge in [0.15, 0.2) is 0 Å². The van der Waals surface area contributed by atoms with Gasteiger partial charge in [0.1, 0.15) is 0 Å². The van der Waals surface area contributed by atoms with Gasteiger partial charge in [0.25, 0.3) is 5.91 Å². The van der Waals surface area contributed by atoms with E-state index in [9.17, 15) is 9.59 Å². The van der Waals surface area contributed by atoms with E-state index in [1.54, 1.807) is 12.1 Å². The third-order valence-corrected chi connectivity index (χ3v) is 1.78. The van der Waals surface area contributed by atoms with E-state index in [2.05, 4.69) is 11.9 Å². The lowest BCUT2D eigenvalue weighted by Crippen LogP contribution is -2.28. The molecule has 0 bridgehead atoms. The summed E-state index contributed by atoms with van der Waals surface area (Å²) in [6.45, 7) is 3.24. The van der Waals surface area contributed by atoms with Gasteiger partial charge in [-0.15, -0.1) is 0 Å². The van der Waals surface area contributed by atoms with Crippen molar-refractivity contribution in [3.05, 3.63) is 47.5 Å². The topological polar surface area (TPSA) is 46.2 Å². The Labute approximate surface area is 86.4 Å². The summed E-state index contributed by atoms with van der Waals surface area (Å²) < 4.78 is 0. The first-order valence-electron chi connectivity index (χ1n) is 3.87. The molecule has 0 heterocycles. The summed E-state index contributed by atoms with van der Waals surface area (Å²) in [4.78, 5) is 22.1. The third kappa shape index (κ3) is 2.71. The van der Waals surface area contributed by atoms with E-state index in [1.807, 2.05) is 0 Å². The van der Waals surface area contributed by atoms with Gasteiger partial charge in [-0.2, -0.15) is 0 Å². The molecule has 0 fully saturated rings. The molecular formula is C10H8ClNO2. The first-order chi connectivity index (χ1) is 6.63. The van der Waals surface area contributed by atoms with Gasteiger partial charge in [0.05, 0.1) is 0 Å². The zero-order valence-electron chi connectivity index (χ0n) is 7.29. The standard InChI is InChI=1S/C10H8ClNO2/c1-2-9(13)12-10(14)7-3-5-8(11)6-4-7/h2-6H,1H2,(H,12,13,14). The van der Waals surface area contributed by atoms with Crippen molar-refractivity contribution in [3.8, 4) is 0 Å².